The van der Waals surface area contributed by atoms with E-state index in [1.54, 1.807) is 0 Å². The van der Waals surface area contributed by atoms with E-state index in [-0.39, 0.29) is 4.75 Å². The van der Waals surface area contributed by atoms with Crippen molar-refractivity contribution in [3.05, 3.63) is 48.0 Å². The van der Waals surface area contributed by atoms with E-state index >= 15 is 0 Å². The largest absolute Gasteiger partial charge is 0.598 e. The molecule has 0 aliphatic heterocycles. The molecule has 0 radical (unpaired) electrons. The molecule has 18 heavy (non-hydrogen) atoms. The second-order valence-electron chi connectivity index (χ2n) is 5.38. The van der Waals surface area contributed by atoms with Gasteiger partial charge in [-0.2, -0.15) is 0 Å². The summed E-state index contributed by atoms with van der Waals surface area (Å²) < 4.78 is 14.8. The van der Waals surface area contributed by atoms with E-state index in [0.717, 1.165) is 5.56 Å². The van der Waals surface area contributed by atoms with Crippen LogP contribution in [0.2, 0.25) is 0 Å². The quantitative estimate of drug-likeness (QED) is 0.860. The molecule has 1 N–H and O–H groups in total. The highest BCUT2D eigenvalue weighted by Gasteiger charge is 2.25. The van der Waals surface area contributed by atoms with E-state index in [9.17, 15) is 4.55 Å². The number of nitrogens with one attached hydrogen (secondary N) is 1. The smallest absolute Gasteiger partial charge is 0.136 e. The molecule has 0 spiro atoms. The molecule has 2 aromatic rings. The summed E-state index contributed by atoms with van der Waals surface area (Å²) in [5, 5.41) is 2.46. The first-order valence-electron chi connectivity index (χ1n) is 6.10. The van der Waals surface area contributed by atoms with Crippen LogP contribution in [-0.2, 0) is 17.9 Å². The van der Waals surface area contributed by atoms with Crippen LogP contribution in [0.5, 0.6) is 0 Å². The topological polar surface area (TPSA) is 35.1 Å². The first-order chi connectivity index (χ1) is 8.47. The summed E-state index contributed by atoms with van der Waals surface area (Å²) in [5.41, 5.74) is 1.16. The first-order valence-corrected chi connectivity index (χ1v) is 7.25. The van der Waals surface area contributed by atoms with E-state index in [1.807, 2.05) is 32.9 Å². The Morgan fingerprint density at radius 1 is 1.06 bits per heavy atom. The average Bonchev–Trinajstić information content (AvgIpc) is 2.34. The van der Waals surface area contributed by atoms with Gasteiger partial charge in [-0.15, -0.1) is 4.72 Å². The van der Waals surface area contributed by atoms with Crippen LogP contribution in [0, 0.1) is 0 Å². The van der Waals surface area contributed by atoms with Gasteiger partial charge >= 0.3 is 0 Å². The van der Waals surface area contributed by atoms with Crippen LogP contribution >= 0.6 is 0 Å². The molecule has 0 heterocycles. The fraction of sp³-hybridized carbons (Fsp3) is 0.333. The average molecular weight is 261 g/mol. The maximum absolute atomic E-state index is 11.9. The summed E-state index contributed by atoms with van der Waals surface area (Å²) in [4.78, 5) is 0. The third-order valence-corrected chi connectivity index (χ3v) is 4.30. The Morgan fingerprint density at radius 2 is 1.72 bits per heavy atom. The zero-order chi connectivity index (χ0) is 13.2. The molecule has 96 valence electrons. The molecule has 1 atom stereocenters. The van der Waals surface area contributed by atoms with Crippen molar-refractivity contribution in [3.63, 3.8) is 0 Å². The minimum Gasteiger partial charge on any atom is -0.598 e. The molecule has 2 rings (SSSR count). The summed E-state index contributed by atoms with van der Waals surface area (Å²) in [5.74, 6) is 0. The summed E-state index contributed by atoms with van der Waals surface area (Å²) in [6.07, 6.45) is 0. The molecule has 0 saturated carbocycles. The van der Waals surface area contributed by atoms with Crippen LogP contribution in [0.15, 0.2) is 42.5 Å². The van der Waals surface area contributed by atoms with Crippen molar-refractivity contribution in [1.82, 2.24) is 4.72 Å². The van der Waals surface area contributed by atoms with Crippen molar-refractivity contribution in [2.45, 2.75) is 32.1 Å². The third-order valence-electron chi connectivity index (χ3n) is 2.78. The van der Waals surface area contributed by atoms with Crippen molar-refractivity contribution < 1.29 is 4.55 Å². The summed E-state index contributed by atoms with van der Waals surface area (Å²) in [7, 11) is 0. The number of hydrogen-bond acceptors (Lipinski definition) is 2. The predicted molar refractivity (Wildman–Crippen MR) is 78.7 cm³/mol. The van der Waals surface area contributed by atoms with Gasteiger partial charge in [0.15, 0.2) is 0 Å². The molecule has 2 nitrogen and oxygen atoms in total. The van der Waals surface area contributed by atoms with Gasteiger partial charge in [0.25, 0.3) is 0 Å². The highest BCUT2D eigenvalue weighted by molar-refractivity contribution is 7.90. The minimum absolute atomic E-state index is 0.225. The van der Waals surface area contributed by atoms with E-state index in [1.165, 1.54) is 10.8 Å². The Kier molecular flexibility index (Phi) is 3.95. The lowest BCUT2D eigenvalue weighted by Crippen LogP contribution is -2.38. The molecule has 2 aromatic carbocycles. The highest BCUT2D eigenvalue weighted by atomic mass is 32.2. The van der Waals surface area contributed by atoms with Crippen molar-refractivity contribution in [2.24, 2.45) is 0 Å². The molecule has 1 unspecified atom stereocenters. The molecule has 0 aromatic heterocycles. The molecule has 0 fully saturated rings. The van der Waals surface area contributed by atoms with Gasteiger partial charge in [-0.05, 0) is 43.2 Å². The molecule has 0 aliphatic rings. The van der Waals surface area contributed by atoms with Crippen LogP contribution in [0.1, 0.15) is 26.3 Å². The van der Waals surface area contributed by atoms with E-state index in [2.05, 4.69) is 35.1 Å². The second-order valence-corrected chi connectivity index (χ2v) is 7.43. The van der Waals surface area contributed by atoms with Gasteiger partial charge in [-0.3, -0.25) is 0 Å². The van der Waals surface area contributed by atoms with Crippen LogP contribution in [0.25, 0.3) is 10.8 Å². The summed E-state index contributed by atoms with van der Waals surface area (Å²) >= 11 is -1.02. The lowest BCUT2D eigenvalue weighted by Gasteiger charge is -2.23. The Balaban J connectivity index is 2.08. The van der Waals surface area contributed by atoms with E-state index < -0.39 is 11.4 Å². The predicted octanol–water partition coefficient (Wildman–Crippen LogP) is 3.39. The summed E-state index contributed by atoms with van der Waals surface area (Å²) in [6, 6.07) is 14.6. The van der Waals surface area contributed by atoms with Crippen LogP contribution in [0.4, 0.5) is 0 Å². The Hall–Kier alpha value is -1.03. The van der Waals surface area contributed by atoms with Crippen LogP contribution < -0.4 is 4.72 Å². The van der Waals surface area contributed by atoms with Crippen molar-refractivity contribution >= 4 is 22.1 Å². The maximum Gasteiger partial charge on any atom is 0.136 e. The molecule has 0 aliphatic carbocycles. The highest BCUT2D eigenvalue weighted by Crippen LogP contribution is 2.17. The van der Waals surface area contributed by atoms with Crippen molar-refractivity contribution in [2.75, 3.05) is 0 Å². The monoisotopic (exact) mass is 261 g/mol. The Bertz CT molecular complexity index is 533. The van der Waals surface area contributed by atoms with E-state index in [0.29, 0.717) is 6.54 Å². The van der Waals surface area contributed by atoms with Gasteiger partial charge in [0.1, 0.15) is 4.75 Å². The molecule has 0 saturated heterocycles. The van der Waals surface area contributed by atoms with Gasteiger partial charge < -0.3 is 4.55 Å². The van der Waals surface area contributed by atoms with Gasteiger partial charge in [0.05, 0.1) is 6.54 Å². The zero-order valence-electron chi connectivity index (χ0n) is 11.1. The second kappa shape index (κ2) is 5.31. The normalized spacial score (nSPS) is 13.8. The lowest BCUT2D eigenvalue weighted by atomic mass is 10.1. The lowest BCUT2D eigenvalue weighted by molar-refractivity contribution is 0.544. The van der Waals surface area contributed by atoms with Gasteiger partial charge in [0, 0.05) is 11.4 Å². The van der Waals surface area contributed by atoms with Gasteiger partial charge in [-0.25, -0.2) is 0 Å². The molecular formula is C15H19NOS. The number of fused-ring (bicyclic) bond motifs is 1. The van der Waals surface area contributed by atoms with Crippen molar-refractivity contribution in [1.29, 1.82) is 0 Å². The number of hydrogen-bond donors (Lipinski definition) is 1. The standard InChI is InChI=1S/C15H19NOS/c1-15(2,3)18(17)16-11-12-8-9-13-6-4-5-7-14(13)10-12/h4-10,16H,11H2,1-3H3. The van der Waals surface area contributed by atoms with Crippen molar-refractivity contribution in [3.8, 4) is 0 Å². The van der Waals surface area contributed by atoms with E-state index in [4.69, 9.17) is 0 Å². The molecule has 0 bridgehead atoms. The minimum atomic E-state index is -1.02. The maximum atomic E-state index is 11.9. The zero-order valence-corrected chi connectivity index (χ0v) is 11.9. The number of rotatable bonds is 3. The molecular weight excluding hydrogens is 242 g/mol. The van der Waals surface area contributed by atoms with Gasteiger partial charge in [0.2, 0.25) is 0 Å². The van der Waals surface area contributed by atoms with Crippen LogP contribution in [-0.4, -0.2) is 9.30 Å². The summed E-state index contributed by atoms with van der Waals surface area (Å²) in [6.45, 7) is 6.54. The fourth-order valence-corrected chi connectivity index (χ4v) is 2.44. The number of benzene rings is 2. The van der Waals surface area contributed by atoms with Gasteiger partial charge in [-0.1, -0.05) is 36.4 Å². The van der Waals surface area contributed by atoms with Crippen LogP contribution in [0.3, 0.4) is 0 Å². The fourth-order valence-electron chi connectivity index (χ4n) is 1.71. The Labute approximate surface area is 112 Å². The first kappa shape index (κ1) is 13.4. The molecule has 3 heteroatoms. The SMILES string of the molecule is CC(C)(C)[S+]([O-])NCc1ccc2ccccc2c1. The molecule has 0 amide bonds. The Morgan fingerprint density at radius 3 is 2.39 bits per heavy atom. The third kappa shape index (κ3) is 3.25.